The van der Waals surface area contributed by atoms with Gasteiger partial charge >= 0.3 is 5.69 Å². The molecular formula is C16H16N4O4. The Morgan fingerprint density at radius 1 is 1.17 bits per heavy atom. The largest absolute Gasteiger partial charge is 0.496 e. The number of ketones is 1. The van der Waals surface area contributed by atoms with Crippen LogP contribution in [-0.4, -0.2) is 31.6 Å². The molecule has 2 aromatic heterocycles. The molecule has 24 heavy (non-hydrogen) atoms. The number of aromatic nitrogens is 4. The lowest BCUT2D eigenvalue weighted by Crippen LogP contribution is -2.37. The predicted molar refractivity (Wildman–Crippen MR) is 87.5 cm³/mol. The molecule has 0 atom stereocenters. The van der Waals surface area contributed by atoms with E-state index in [0.717, 1.165) is 4.57 Å². The zero-order valence-electron chi connectivity index (χ0n) is 13.5. The van der Waals surface area contributed by atoms with Crippen molar-refractivity contribution >= 4 is 16.9 Å². The number of imidazole rings is 1. The van der Waals surface area contributed by atoms with Gasteiger partial charge in [-0.15, -0.1) is 0 Å². The van der Waals surface area contributed by atoms with Gasteiger partial charge in [-0.05, 0) is 12.1 Å². The molecule has 0 saturated heterocycles. The molecule has 0 aliphatic rings. The molecule has 0 radical (unpaired) electrons. The van der Waals surface area contributed by atoms with Crippen LogP contribution in [0.5, 0.6) is 5.75 Å². The van der Waals surface area contributed by atoms with Gasteiger partial charge in [0, 0.05) is 14.1 Å². The summed E-state index contributed by atoms with van der Waals surface area (Å²) in [5.41, 5.74) is -0.0745. The SMILES string of the molecule is COc1ccccc1C(=O)Cn1cnc2c1c(=O)n(C)c(=O)n2C. The molecule has 2 heterocycles. The van der Waals surface area contributed by atoms with Gasteiger partial charge in [0.25, 0.3) is 5.56 Å². The van der Waals surface area contributed by atoms with Crippen LogP contribution in [0.4, 0.5) is 0 Å². The summed E-state index contributed by atoms with van der Waals surface area (Å²) >= 11 is 0. The Morgan fingerprint density at radius 2 is 1.88 bits per heavy atom. The monoisotopic (exact) mass is 328 g/mol. The number of Topliss-reactive ketones (excluding diaryl/α,β-unsaturated/α-hetero) is 1. The van der Waals surface area contributed by atoms with Crippen LogP contribution in [-0.2, 0) is 20.6 Å². The maximum atomic E-state index is 12.6. The number of para-hydroxylation sites is 1. The lowest BCUT2D eigenvalue weighted by atomic mass is 10.1. The Balaban J connectivity index is 2.10. The van der Waals surface area contributed by atoms with Crippen LogP contribution in [0.1, 0.15) is 10.4 Å². The van der Waals surface area contributed by atoms with Crippen molar-refractivity contribution in [3.63, 3.8) is 0 Å². The molecule has 3 aromatic rings. The number of hydrogen-bond acceptors (Lipinski definition) is 5. The molecular weight excluding hydrogens is 312 g/mol. The number of benzene rings is 1. The van der Waals surface area contributed by atoms with Gasteiger partial charge in [-0.25, -0.2) is 9.78 Å². The number of carbonyl (C=O) groups excluding carboxylic acids is 1. The minimum Gasteiger partial charge on any atom is -0.496 e. The van der Waals surface area contributed by atoms with Crippen molar-refractivity contribution in [1.29, 1.82) is 0 Å². The van der Waals surface area contributed by atoms with E-state index in [2.05, 4.69) is 4.98 Å². The Morgan fingerprint density at radius 3 is 2.58 bits per heavy atom. The fourth-order valence-corrected chi connectivity index (χ4v) is 2.63. The summed E-state index contributed by atoms with van der Waals surface area (Å²) in [7, 11) is 4.41. The third-order valence-electron chi connectivity index (χ3n) is 3.94. The van der Waals surface area contributed by atoms with Gasteiger partial charge < -0.3 is 9.30 Å². The van der Waals surface area contributed by atoms with Crippen LogP contribution >= 0.6 is 0 Å². The van der Waals surface area contributed by atoms with Crippen molar-refractivity contribution in [3.05, 3.63) is 57.0 Å². The number of hydrogen-bond donors (Lipinski definition) is 0. The van der Waals surface area contributed by atoms with E-state index in [0.29, 0.717) is 11.3 Å². The summed E-state index contributed by atoms with van der Waals surface area (Å²) in [4.78, 5) is 41.0. The zero-order chi connectivity index (χ0) is 17.4. The van der Waals surface area contributed by atoms with Gasteiger partial charge in [-0.3, -0.25) is 18.7 Å². The molecule has 0 fully saturated rings. The second-order valence-electron chi connectivity index (χ2n) is 5.37. The lowest BCUT2D eigenvalue weighted by molar-refractivity contribution is 0.0970. The van der Waals surface area contributed by atoms with E-state index >= 15 is 0 Å². The molecule has 0 aliphatic heterocycles. The molecule has 0 unspecified atom stereocenters. The molecule has 0 saturated carbocycles. The van der Waals surface area contributed by atoms with Gasteiger partial charge in [-0.2, -0.15) is 0 Å². The third-order valence-corrected chi connectivity index (χ3v) is 3.94. The van der Waals surface area contributed by atoms with Gasteiger partial charge in [0.15, 0.2) is 16.9 Å². The van der Waals surface area contributed by atoms with Crippen molar-refractivity contribution in [2.45, 2.75) is 6.54 Å². The summed E-state index contributed by atoms with van der Waals surface area (Å²) in [5.74, 6) is 0.245. The van der Waals surface area contributed by atoms with Crippen LogP contribution < -0.4 is 16.0 Å². The summed E-state index contributed by atoms with van der Waals surface area (Å²) < 4.78 is 8.92. The first-order valence-corrected chi connectivity index (χ1v) is 7.22. The second kappa shape index (κ2) is 5.80. The summed E-state index contributed by atoms with van der Waals surface area (Å²) in [6.45, 7) is -0.0791. The van der Waals surface area contributed by atoms with E-state index in [1.54, 1.807) is 24.3 Å². The fraction of sp³-hybridized carbons (Fsp3) is 0.250. The summed E-state index contributed by atoms with van der Waals surface area (Å²) in [6.07, 6.45) is 1.39. The Hall–Kier alpha value is -3.16. The van der Waals surface area contributed by atoms with Crippen LogP contribution in [0.15, 0.2) is 40.2 Å². The number of carbonyl (C=O) groups is 1. The Labute approximate surface area is 136 Å². The molecule has 0 N–H and O–H groups in total. The van der Waals surface area contributed by atoms with Crippen molar-refractivity contribution in [3.8, 4) is 5.75 Å². The van der Waals surface area contributed by atoms with Crippen LogP contribution in [0.2, 0.25) is 0 Å². The molecule has 8 heteroatoms. The molecule has 1 aromatic carbocycles. The van der Waals surface area contributed by atoms with Gasteiger partial charge in [0.05, 0.1) is 25.5 Å². The fourth-order valence-electron chi connectivity index (χ4n) is 2.63. The number of nitrogens with zero attached hydrogens (tertiary/aromatic N) is 4. The van der Waals surface area contributed by atoms with E-state index in [1.165, 1.54) is 36.7 Å². The van der Waals surface area contributed by atoms with Gasteiger partial charge in [-0.1, -0.05) is 12.1 Å². The molecule has 0 amide bonds. The van der Waals surface area contributed by atoms with E-state index in [-0.39, 0.29) is 23.5 Å². The van der Waals surface area contributed by atoms with E-state index in [9.17, 15) is 14.4 Å². The van der Waals surface area contributed by atoms with Gasteiger partial charge in [0.1, 0.15) is 5.75 Å². The molecule has 8 nitrogen and oxygen atoms in total. The average Bonchev–Trinajstić information content (AvgIpc) is 3.01. The van der Waals surface area contributed by atoms with Crippen molar-refractivity contribution < 1.29 is 9.53 Å². The number of methoxy groups -OCH3 is 1. The minimum atomic E-state index is -0.488. The van der Waals surface area contributed by atoms with Crippen molar-refractivity contribution in [2.75, 3.05) is 7.11 Å². The molecule has 0 spiro atoms. The first-order chi connectivity index (χ1) is 11.5. The number of aryl methyl sites for hydroxylation is 1. The predicted octanol–water partition coefficient (Wildman–Crippen LogP) is 0.325. The maximum Gasteiger partial charge on any atom is 0.332 e. The van der Waals surface area contributed by atoms with Crippen LogP contribution in [0.25, 0.3) is 11.2 Å². The number of ether oxygens (including phenoxy) is 1. The number of rotatable bonds is 4. The molecule has 0 bridgehead atoms. The average molecular weight is 328 g/mol. The zero-order valence-corrected chi connectivity index (χ0v) is 13.5. The topological polar surface area (TPSA) is 88.1 Å². The highest BCUT2D eigenvalue weighted by Gasteiger charge is 2.18. The quantitative estimate of drug-likeness (QED) is 0.644. The van der Waals surface area contributed by atoms with E-state index in [4.69, 9.17) is 4.74 Å². The molecule has 0 aliphatic carbocycles. The molecule has 124 valence electrons. The normalized spacial score (nSPS) is 11.0. The number of fused-ring (bicyclic) bond motifs is 1. The van der Waals surface area contributed by atoms with Crippen LogP contribution in [0.3, 0.4) is 0 Å². The first-order valence-electron chi connectivity index (χ1n) is 7.22. The second-order valence-corrected chi connectivity index (χ2v) is 5.37. The lowest BCUT2D eigenvalue weighted by Gasteiger charge is -2.09. The Bertz CT molecular complexity index is 1060. The third kappa shape index (κ3) is 2.32. The van der Waals surface area contributed by atoms with Crippen molar-refractivity contribution in [2.24, 2.45) is 14.1 Å². The first kappa shape index (κ1) is 15.7. The maximum absolute atomic E-state index is 12.6. The standard InChI is InChI=1S/C16H16N4O4/c1-18-14-13(15(22)19(2)16(18)23)20(9-17-14)8-11(21)10-6-4-5-7-12(10)24-3/h4-7,9H,8H2,1-3H3. The smallest absolute Gasteiger partial charge is 0.332 e. The minimum absolute atomic E-state index is 0.0791. The highest BCUT2D eigenvalue weighted by atomic mass is 16.5. The van der Waals surface area contributed by atoms with Crippen molar-refractivity contribution in [1.82, 2.24) is 18.7 Å². The highest BCUT2D eigenvalue weighted by Crippen LogP contribution is 2.19. The summed E-state index contributed by atoms with van der Waals surface area (Å²) in [6, 6.07) is 6.87. The van der Waals surface area contributed by atoms with Gasteiger partial charge in [0.2, 0.25) is 0 Å². The molecule has 3 rings (SSSR count). The highest BCUT2D eigenvalue weighted by molar-refractivity contribution is 5.99. The summed E-state index contributed by atoms with van der Waals surface area (Å²) in [5, 5.41) is 0. The van der Waals surface area contributed by atoms with Crippen LogP contribution in [0, 0.1) is 0 Å². The van der Waals surface area contributed by atoms with E-state index in [1.807, 2.05) is 0 Å². The Kier molecular flexibility index (Phi) is 3.80. The van der Waals surface area contributed by atoms with E-state index < -0.39 is 11.2 Å².